The van der Waals surface area contributed by atoms with E-state index < -0.39 is 0 Å². The van der Waals surface area contributed by atoms with Crippen molar-refractivity contribution in [2.24, 2.45) is 0 Å². The molecule has 4 aromatic rings. The molecule has 1 fully saturated rings. The number of hydrogen-bond acceptors (Lipinski definition) is 7. The second-order valence-electron chi connectivity index (χ2n) is 8.05. The second kappa shape index (κ2) is 8.33. The lowest BCUT2D eigenvalue weighted by Crippen LogP contribution is -2.46. The molecule has 0 saturated carbocycles. The highest BCUT2D eigenvalue weighted by Gasteiger charge is 2.20. The van der Waals surface area contributed by atoms with Crippen LogP contribution in [0.25, 0.3) is 21.8 Å². The Balaban J connectivity index is 1.28. The first kappa shape index (κ1) is 20.6. The molecule has 5 rings (SSSR count). The Morgan fingerprint density at radius 1 is 1.16 bits per heavy atom. The fourth-order valence-corrected chi connectivity index (χ4v) is 5.01. The van der Waals surface area contributed by atoms with Gasteiger partial charge >= 0.3 is 0 Å². The molecule has 164 valence electrons. The lowest BCUT2D eigenvalue weighted by atomic mass is 10.1. The molecule has 8 nitrogen and oxygen atoms in total. The Morgan fingerprint density at radius 3 is 2.72 bits per heavy atom. The van der Waals surface area contributed by atoms with Crippen molar-refractivity contribution in [3.05, 3.63) is 63.0 Å². The van der Waals surface area contributed by atoms with Gasteiger partial charge in [-0.15, -0.1) is 0 Å². The smallest absolute Gasteiger partial charge is 0.269 e. The summed E-state index contributed by atoms with van der Waals surface area (Å²) in [7, 11) is 1.61. The van der Waals surface area contributed by atoms with Crippen molar-refractivity contribution in [2.45, 2.75) is 13.5 Å². The lowest BCUT2D eigenvalue weighted by Gasteiger charge is -2.36. The zero-order valence-corrected chi connectivity index (χ0v) is 18.8. The maximum Gasteiger partial charge on any atom is 0.269 e. The Morgan fingerprint density at radius 2 is 1.97 bits per heavy atom. The van der Waals surface area contributed by atoms with Gasteiger partial charge in [0.15, 0.2) is 0 Å². The standard InChI is InChI=1S/C23H24N6O2S/c1-14-20(6-5-18(25-14)23(31)24-2)29-9-7-28(8-10-29)12-15-3-4-16-19(11-15)26-22(30)17-13-32-27-21(16)17/h3-6,11,13H,7-10,12H2,1-2H3,(H,24,31)(H,26,30). The largest absolute Gasteiger partial charge is 0.368 e. The van der Waals surface area contributed by atoms with Crippen LogP contribution in [0.1, 0.15) is 21.7 Å². The van der Waals surface area contributed by atoms with Gasteiger partial charge in [-0.1, -0.05) is 12.1 Å². The number of fused-ring (bicyclic) bond motifs is 3. The molecule has 3 aromatic heterocycles. The number of aromatic amines is 1. The molecular weight excluding hydrogens is 424 g/mol. The highest BCUT2D eigenvalue weighted by Crippen LogP contribution is 2.24. The van der Waals surface area contributed by atoms with Crippen molar-refractivity contribution in [3.63, 3.8) is 0 Å². The van der Waals surface area contributed by atoms with Crippen molar-refractivity contribution in [3.8, 4) is 0 Å². The molecule has 4 heterocycles. The number of piperazine rings is 1. The molecule has 0 unspecified atom stereocenters. The molecule has 0 atom stereocenters. The van der Waals surface area contributed by atoms with Crippen LogP contribution in [-0.4, -0.2) is 58.4 Å². The summed E-state index contributed by atoms with van der Waals surface area (Å²) in [6, 6.07) is 10.0. The van der Waals surface area contributed by atoms with Crippen LogP contribution in [0, 0.1) is 6.92 Å². The quantitative estimate of drug-likeness (QED) is 0.498. The molecule has 1 aliphatic rings. The second-order valence-corrected chi connectivity index (χ2v) is 8.68. The molecular formula is C23H24N6O2S. The monoisotopic (exact) mass is 448 g/mol. The molecule has 1 aliphatic heterocycles. The number of carbonyl (C=O) groups is 1. The topological polar surface area (TPSA) is 94.2 Å². The fraction of sp³-hybridized carbons (Fsp3) is 0.304. The Hall–Kier alpha value is -3.30. The average Bonchev–Trinajstić information content (AvgIpc) is 3.30. The van der Waals surface area contributed by atoms with Crippen LogP contribution in [0.5, 0.6) is 0 Å². The summed E-state index contributed by atoms with van der Waals surface area (Å²) in [5, 5.41) is 6.05. The molecule has 1 aromatic carbocycles. The van der Waals surface area contributed by atoms with Gasteiger partial charge in [0.1, 0.15) is 5.69 Å². The SMILES string of the molecule is CNC(=O)c1ccc(N2CCN(Cc3ccc4c(c3)[nH]c(=O)c3csnc34)CC2)c(C)n1. The van der Waals surface area contributed by atoms with Gasteiger partial charge in [-0.2, -0.15) is 4.37 Å². The number of aryl methyl sites for hydroxylation is 1. The number of nitrogens with zero attached hydrogens (tertiary/aromatic N) is 4. The summed E-state index contributed by atoms with van der Waals surface area (Å²) < 4.78 is 4.40. The van der Waals surface area contributed by atoms with E-state index in [4.69, 9.17) is 0 Å². The van der Waals surface area contributed by atoms with Crippen LogP contribution in [0.4, 0.5) is 5.69 Å². The maximum atomic E-state index is 12.3. The first-order valence-corrected chi connectivity index (χ1v) is 11.4. The first-order chi connectivity index (χ1) is 15.5. The molecule has 2 N–H and O–H groups in total. The van der Waals surface area contributed by atoms with Gasteiger partial charge in [-0.05, 0) is 42.2 Å². The Kier molecular flexibility index (Phi) is 5.36. The van der Waals surface area contributed by atoms with Gasteiger partial charge in [0.25, 0.3) is 11.5 Å². The van der Waals surface area contributed by atoms with E-state index in [0.29, 0.717) is 11.1 Å². The van der Waals surface area contributed by atoms with E-state index in [9.17, 15) is 9.59 Å². The summed E-state index contributed by atoms with van der Waals surface area (Å²) in [6.07, 6.45) is 0. The minimum absolute atomic E-state index is 0.0848. The third kappa shape index (κ3) is 3.74. The highest BCUT2D eigenvalue weighted by atomic mass is 32.1. The van der Waals surface area contributed by atoms with Gasteiger partial charge < -0.3 is 15.2 Å². The van der Waals surface area contributed by atoms with Crippen LogP contribution in [0.2, 0.25) is 0 Å². The molecule has 0 radical (unpaired) electrons. The van der Waals surface area contributed by atoms with Crippen molar-refractivity contribution in [1.29, 1.82) is 0 Å². The van der Waals surface area contributed by atoms with Gasteiger partial charge in [0.2, 0.25) is 0 Å². The van der Waals surface area contributed by atoms with Crippen molar-refractivity contribution in [2.75, 3.05) is 38.1 Å². The number of amides is 1. The van der Waals surface area contributed by atoms with Gasteiger partial charge in [0, 0.05) is 50.5 Å². The molecule has 0 spiro atoms. The number of hydrogen-bond donors (Lipinski definition) is 2. The average molecular weight is 449 g/mol. The highest BCUT2D eigenvalue weighted by molar-refractivity contribution is 7.04. The molecule has 0 aliphatic carbocycles. The molecule has 0 bridgehead atoms. The number of nitrogens with one attached hydrogen (secondary N) is 2. The summed E-state index contributed by atoms with van der Waals surface area (Å²) in [4.78, 5) is 36.3. The zero-order chi connectivity index (χ0) is 22.2. The summed E-state index contributed by atoms with van der Waals surface area (Å²) in [5.74, 6) is -0.170. The predicted molar refractivity (Wildman–Crippen MR) is 128 cm³/mol. The minimum Gasteiger partial charge on any atom is -0.368 e. The first-order valence-electron chi connectivity index (χ1n) is 10.6. The fourth-order valence-electron chi connectivity index (χ4n) is 4.33. The third-order valence-corrected chi connectivity index (χ3v) is 6.67. The van der Waals surface area contributed by atoms with E-state index in [0.717, 1.165) is 60.5 Å². The number of pyridine rings is 2. The van der Waals surface area contributed by atoms with Crippen LogP contribution in [0.3, 0.4) is 0 Å². The van der Waals surface area contributed by atoms with E-state index in [1.807, 2.05) is 13.0 Å². The van der Waals surface area contributed by atoms with Crippen LogP contribution in [0.15, 0.2) is 40.5 Å². The number of rotatable bonds is 4. The number of aromatic nitrogens is 3. The van der Waals surface area contributed by atoms with E-state index in [2.05, 4.69) is 47.7 Å². The number of benzene rings is 1. The number of H-pyrrole nitrogens is 1. The van der Waals surface area contributed by atoms with Crippen molar-refractivity contribution < 1.29 is 4.79 Å². The van der Waals surface area contributed by atoms with Crippen LogP contribution in [-0.2, 0) is 6.54 Å². The van der Waals surface area contributed by atoms with E-state index in [1.165, 1.54) is 17.1 Å². The molecule has 32 heavy (non-hydrogen) atoms. The summed E-state index contributed by atoms with van der Waals surface area (Å²) in [5.41, 5.74) is 5.08. The predicted octanol–water partition coefficient (Wildman–Crippen LogP) is 2.52. The minimum atomic E-state index is -0.170. The van der Waals surface area contributed by atoms with Crippen molar-refractivity contribution >= 4 is 44.9 Å². The number of carbonyl (C=O) groups excluding carboxylic acids is 1. The number of anilines is 1. The van der Waals surface area contributed by atoms with Gasteiger partial charge in [-0.25, -0.2) is 4.98 Å². The molecule has 9 heteroatoms. The zero-order valence-electron chi connectivity index (χ0n) is 18.0. The normalized spacial score (nSPS) is 14.9. The Bertz CT molecular complexity index is 1370. The van der Waals surface area contributed by atoms with Gasteiger partial charge in [-0.3, -0.25) is 14.5 Å². The molecule has 1 amide bonds. The summed E-state index contributed by atoms with van der Waals surface area (Å²) >= 11 is 1.31. The maximum absolute atomic E-state index is 12.3. The van der Waals surface area contributed by atoms with E-state index >= 15 is 0 Å². The van der Waals surface area contributed by atoms with Crippen molar-refractivity contribution in [1.82, 2.24) is 24.6 Å². The van der Waals surface area contributed by atoms with Crippen LogP contribution < -0.4 is 15.8 Å². The lowest BCUT2D eigenvalue weighted by molar-refractivity contribution is 0.0958. The Labute approximate surface area is 189 Å². The van der Waals surface area contributed by atoms with E-state index in [-0.39, 0.29) is 11.5 Å². The summed E-state index contributed by atoms with van der Waals surface area (Å²) in [6.45, 7) is 6.42. The van der Waals surface area contributed by atoms with E-state index in [1.54, 1.807) is 18.5 Å². The third-order valence-electron chi connectivity index (χ3n) is 6.04. The van der Waals surface area contributed by atoms with Crippen LogP contribution >= 0.6 is 11.5 Å². The van der Waals surface area contributed by atoms with Gasteiger partial charge in [0.05, 0.1) is 27.8 Å². The molecule has 1 saturated heterocycles.